The van der Waals surface area contributed by atoms with Crippen LogP contribution in [0.2, 0.25) is 5.02 Å². The number of hydrogen-bond donors (Lipinski definition) is 0. The molecule has 0 fully saturated rings. The van der Waals surface area contributed by atoms with E-state index >= 15 is 0 Å². The minimum absolute atomic E-state index is 0.0292. The van der Waals surface area contributed by atoms with Gasteiger partial charge in [0, 0.05) is 9.50 Å². The molecule has 0 saturated carbocycles. The van der Waals surface area contributed by atoms with E-state index < -0.39 is 0 Å². The van der Waals surface area contributed by atoms with Gasteiger partial charge >= 0.3 is 0 Å². The predicted octanol–water partition coefficient (Wildman–Crippen LogP) is 4.09. The van der Waals surface area contributed by atoms with E-state index in [9.17, 15) is 4.79 Å². The lowest BCUT2D eigenvalue weighted by molar-refractivity contribution is -0.112. The Morgan fingerprint density at radius 1 is 1.43 bits per heavy atom. The highest BCUT2D eigenvalue weighted by molar-refractivity contribution is 9.10. The molecule has 0 aliphatic rings. The van der Waals surface area contributed by atoms with Gasteiger partial charge in [-0.2, -0.15) is 0 Å². The molecule has 14 heavy (non-hydrogen) atoms. The molecule has 0 bridgehead atoms. The van der Waals surface area contributed by atoms with Crippen molar-refractivity contribution in [2.24, 2.45) is 0 Å². The fourth-order valence-electron chi connectivity index (χ4n) is 1.19. The second kappa shape index (κ2) is 4.76. The van der Waals surface area contributed by atoms with Crippen LogP contribution in [0, 0.1) is 0 Å². The van der Waals surface area contributed by atoms with Crippen LogP contribution in [0.1, 0.15) is 19.4 Å². The molecule has 0 aliphatic carbocycles. The van der Waals surface area contributed by atoms with Gasteiger partial charge in [0.15, 0.2) is 5.78 Å². The van der Waals surface area contributed by atoms with Crippen molar-refractivity contribution < 1.29 is 4.79 Å². The molecule has 0 atom stereocenters. The molecule has 0 radical (unpaired) electrons. The Hall–Kier alpha value is -0.600. The zero-order valence-corrected chi connectivity index (χ0v) is 10.3. The lowest BCUT2D eigenvalue weighted by Gasteiger charge is -2.04. The zero-order valence-electron chi connectivity index (χ0n) is 7.97. The lowest BCUT2D eigenvalue weighted by atomic mass is 10.1. The normalized spacial score (nSPS) is 11.6. The van der Waals surface area contributed by atoms with Gasteiger partial charge in [-0.05, 0) is 43.2 Å². The third kappa shape index (κ3) is 2.96. The maximum Gasteiger partial charge on any atom is 0.152 e. The monoisotopic (exact) mass is 272 g/mol. The van der Waals surface area contributed by atoms with Crippen molar-refractivity contribution in [3.8, 4) is 0 Å². The Morgan fingerprint density at radius 2 is 2.07 bits per heavy atom. The van der Waals surface area contributed by atoms with Crippen molar-refractivity contribution in [2.45, 2.75) is 13.8 Å². The van der Waals surface area contributed by atoms with E-state index in [1.165, 1.54) is 6.92 Å². The standard InChI is InChI=1S/C11H10BrClO/c1-7(5-8(2)14)10-4-3-9(12)6-11(10)13/h3-6H,1-2H3/b7-5+. The first kappa shape index (κ1) is 11.5. The molecular weight excluding hydrogens is 263 g/mol. The van der Waals surface area contributed by atoms with E-state index in [1.807, 2.05) is 25.1 Å². The third-order valence-corrected chi connectivity index (χ3v) is 2.58. The summed E-state index contributed by atoms with van der Waals surface area (Å²) in [5.41, 5.74) is 1.78. The van der Waals surface area contributed by atoms with Crippen LogP contribution in [0.4, 0.5) is 0 Å². The molecule has 0 heterocycles. The van der Waals surface area contributed by atoms with Gasteiger partial charge in [0.25, 0.3) is 0 Å². The highest BCUT2D eigenvalue weighted by atomic mass is 79.9. The van der Waals surface area contributed by atoms with E-state index in [0.29, 0.717) is 5.02 Å². The number of carbonyl (C=O) groups is 1. The topological polar surface area (TPSA) is 17.1 Å². The van der Waals surface area contributed by atoms with Crippen LogP contribution in [0.25, 0.3) is 5.57 Å². The molecule has 3 heteroatoms. The van der Waals surface area contributed by atoms with E-state index in [-0.39, 0.29) is 5.78 Å². The number of benzene rings is 1. The molecule has 1 rings (SSSR count). The van der Waals surface area contributed by atoms with Gasteiger partial charge in [-0.3, -0.25) is 4.79 Å². The van der Waals surface area contributed by atoms with Crippen molar-refractivity contribution >= 4 is 38.9 Å². The number of hydrogen-bond acceptors (Lipinski definition) is 1. The fourth-order valence-corrected chi connectivity index (χ4v) is 2.01. The Bertz CT molecular complexity index is 396. The summed E-state index contributed by atoms with van der Waals surface area (Å²) in [5, 5.41) is 0.648. The molecule has 1 aromatic rings. The number of halogens is 2. The van der Waals surface area contributed by atoms with Crippen molar-refractivity contribution in [3.63, 3.8) is 0 Å². The average Bonchev–Trinajstić information content (AvgIpc) is 2.01. The summed E-state index contributed by atoms with van der Waals surface area (Å²) in [5.74, 6) is 0.0292. The summed E-state index contributed by atoms with van der Waals surface area (Å²) in [4.78, 5) is 10.9. The van der Waals surface area contributed by atoms with Crippen LogP contribution in [0.5, 0.6) is 0 Å². The second-order valence-electron chi connectivity index (χ2n) is 3.06. The van der Waals surface area contributed by atoms with Crippen molar-refractivity contribution in [1.82, 2.24) is 0 Å². The van der Waals surface area contributed by atoms with Gasteiger partial charge in [0.1, 0.15) is 0 Å². The minimum Gasteiger partial charge on any atom is -0.295 e. The highest BCUT2D eigenvalue weighted by Gasteiger charge is 2.03. The van der Waals surface area contributed by atoms with Crippen LogP contribution >= 0.6 is 27.5 Å². The maximum absolute atomic E-state index is 10.9. The predicted molar refractivity (Wildman–Crippen MR) is 63.5 cm³/mol. The molecule has 0 aromatic heterocycles. The molecule has 1 nitrogen and oxygen atoms in total. The van der Waals surface area contributed by atoms with Gasteiger partial charge in [-0.25, -0.2) is 0 Å². The SMILES string of the molecule is CC(=O)/C=C(\C)c1ccc(Br)cc1Cl. The molecule has 0 spiro atoms. The van der Waals surface area contributed by atoms with Crippen molar-refractivity contribution in [1.29, 1.82) is 0 Å². The Morgan fingerprint density at radius 3 is 2.57 bits per heavy atom. The number of rotatable bonds is 2. The largest absolute Gasteiger partial charge is 0.295 e. The maximum atomic E-state index is 10.9. The molecule has 0 aliphatic heterocycles. The first-order valence-electron chi connectivity index (χ1n) is 4.15. The quantitative estimate of drug-likeness (QED) is 0.742. The van der Waals surface area contributed by atoms with Crippen LogP contribution in [0.15, 0.2) is 28.7 Å². The summed E-state index contributed by atoms with van der Waals surface area (Å²) in [6.45, 7) is 3.40. The van der Waals surface area contributed by atoms with Gasteiger partial charge in [-0.1, -0.05) is 33.6 Å². The van der Waals surface area contributed by atoms with E-state index in [1.54, 1.807) is 6.08 Å². The number of carbonyl (C=O) groups excluding carboxylic acids is 1. The Kier molecular flexibility index (Phi) is 3.90. The Labute approximate surface area is 96.9 Å². The fraction of sp³-hybridized carbons (Fsp3) is 0.182. The van der Waals surface area contributed by atoms with Crippen LogP contribution < -0.4 is 0 Å². The first-order chi connectivity index (χ1) is 6.50. The summed E-state index contributed by atoms with van der Waals surface area (Å²) in [6.07, 6.45) is 1.58. The smallest absolute Gasteiger partial charge is 0.152 e. The van der Waals surface area contributed by atoms with Gasteiger partial charge < -0.3 is 0 Å². The third-order valence-electron chi connectivity index (χ3n) is 1.78. The van der Waals surface area contributed by atoms with Gasteiger partial charge in [-0.15, -0.1) is 0 Å². The molecule has 74 valence electrons. The molecule has 0 N–H and O–H groups in total. The van der Waals surface area contributed by atoms with Gasteiger partial charge in [0.2, 0.25) is 0 Å². The van der Waals surface area contributed by atoms with E-state index in [4.69, 9.17) is 11.6 Å². The second-order valence-corrected chi connectivity index (χ2v) is 4.39. The van der Waals surface area contributed by atoms with Crippen LogP contribution in [0.3, 0.4) is 0 Å². The molecule has 0 unspecified atom stereocenters. The summed E-state index contributed by atoms with van der Waals surface area (Å²) in [6, 6.07) is 5.61. The first-order valence-corrected chi connectivity index (χ1v) is 5.32. The zero-order chi connectivity index (χ0) is 10.7. The summed E-state index contributed by atoms with van der Waals surface area (Å²) in [7, 11) is 0. The minimum atomic E-state index is 0.0292. The molecule has 0 saturated heterocycles. The summed E-state index contributed by atoms with van der Waals surface area (Å²) >= 11 is 9.35. The van der Waals surface area contributed by atoms with Crippen molar-refractivity contribution in [3.05, 3.63) is 39.3 Å². The molecule has 0 amide bonds. The molecular formula is C11H10BrClO. The lowest BCUT2D eigenvalue weighted by Crippen LogP contribution is -1.87. The van der Waals surface area contributed by atoms with E-state index in [0.717, 1.165) is 15.6 Å². The molecule has 1 aromatic carbocycles. The van der Waals surface area contributed by atoms with Gasteiger partial charge in [0.05, 0.1) is 0 Å². The van der Waals surface area contributed by atoms with Crippen LogP contribution in [-0.2, 0) is 4.79 Å². The Balaban J connectivity index is 3.14. The van der Waals surface area contributed by atoms with Crippen LogP contribution in [-0.4, -0.2) is 5.78 Å². The van der Waals surface area contributed by atoms with Crippen molar-refractivity contribution in [2.75, 3.05) is 0 Å². The number of ketones is 1. The number of allylic oxidation sites excluding steroid dienone is 2. The highest BCUT2D eigenvalue weighted by Crippen LogP contribution is 2.26. The average molecular weight is 274 g/mol. The van der Waals surface area contributed by atoms with E-state index in [2.05, 4.69) is 15.9 Å². The summed E-state index contributed by atoms with van der Waals surface area (Å²) < 4.78 is 0.932.